The normalized spacial score (nSPS) is 19.8. The number of rotatable bonds is 10. The maximum atomic E-state index is 11.1. The molecule has 3 heterocycles. The predicted molar refractivity (Wildman–Crippen MR) is 164 cm³/mol. The zero-order valence-electron chi connectivity index (χ0n) is 24.5. The van der Waals surface area contributed by atoms with Crippen molar-refractivity contribution >= 4 is 17.1 Å². The Morgan fingerprint density at radius 1 is 0.955 bits per heavy atom. The van der Waals surface area contributed by atoms with Crippen molar-refractivity contribution in [2.75, 3.05) is 19.5 Å². The molecule has 0 saturated carbocycles. The molecule has 0 unspecified atom stereocenters. The Morgan fingerprint density at radius 3 is 2.16 bits per heavy atom. The van der Waals surface area contributed by atoms with Crippen LogP contribution in [0.1, 0.15) is 36.3 Å². The summed E-state index contributed by atoms with van der Waals surface area (Å²) in [5.41, 5.74) is 11.7. The highest BCUT2D eigenvalue weighted by Crippen LogP contribution is 2.41. The molecule has 4 atom stereocenters. The largest absolute Gasteiger partial charge is 0.497 e. The van der Waals surface area contributed by atoms with Crippen molar-refractivity contribution in [1.82, 2.24) is 19.5 Å². The summed E-state index contributed by atoms with van der Waals surface area (Å²) < 4.78 is 18.9. The Morgan fingerprint density at radius 2 is 1.59 bits per heavy atom. The third-order valence-corrected chi connectivity index (χ3v) is 8.02. The van der Waals surface area contributed by atoms with E-state index in [0.29, 0.717) is 17.6 Å². The van der Waals surface area contributed by atoms with Gasteiger partial charge in [0.15, 0.2) is 17.4 Å². The number of aliphatic hydroxyl groups is 1. The summed E-state index contributed by atoms with van der Waals surface area (Å²) in [6, 6.07) is 27.2. The fraction of sp³-hybridized carbons (Fsp3) is 0.281. The zero-order chi connectivity index (χ0) is 30.7. The molecule has 0 amide bonds. The molecule has 0 aliphatic carbocycles. The highest BCUT2D eigenvalue weighted by Gasteiger charge is 2.44. The van der Waals surface area contributed by atoms with E-state index in [1.54, 1.807) is 11.7 Å². The monoisotopic (exact) mass is 592 g/mol. The van der Waals surface area contributed by atoms with E-state index in [0.717, 1.165) is 22.4 Å². The number of anilines is 1. The lowest BCUT2D eigenvalue weighted by Crippen LogP contribution is -2.38. The van der Waals surface area contributed by atoms with Gasteiger partial charge < -0.3 is 24.6 Å². The first kappa shape index (κ1) is 28.9. The first-order valence-electron chi connectivity index (χ1n) is 14.2. The van der Waals surface area contributed by atoms with Gasteiger partial charge in [-0.3, -0.25) is 4.57 Å². The average Bonchev–Trinajstić information content (AvgIpc) is 3.64. The van der Waals surface area contributed by atoms with Crippen LogP contribution in [0.2, 0.25) is 0 Å². The van der Waals surface area contributed by atoms with E-state index in [1.807, 2.05) is 91.9 Å². The number of azide groups is 1. The fourth-order valence-electron chi connectivity index (χ4n) is 5.88. The minimum atomic E-state index is -1.11. The van der Waals surface area contributed by atoms with Crippen LogP contribution in [0.3, 0.4) is 0 Å². The summed E-state index contributed by atoms with van der Waals surface area (Å²) in [6.45, 7) is 1.91. The minimum Gasteiger partial charge on any atom is -0.497 e. The van der Waals surface area contributed by atoms with Crippen LogP contribution in [0.25, 0.3) is 21.6 Å². The third-order valence-electron chi connectivity index (χ3n) is 8.02. The van der Waals surface area contributed by atoms with Crippen LogP contribution in [0.15, 0.2) is 96.4 Å². The lowest BCUT2D eigenvalue weighted by atomic mass is 9.77. The molecular formula is C32H32N8O4. The summed E-state index contributed by atoms with van der Waals surface area (Å²) in [4.78, 5) is 17.1. The van der Waals surface area contributed by atoms with Crippen molar-refractivity contribution in [1.29, 1.82) is 0 Å². The average molecular weight is 593 g/mol. The van der Waals surface area contributed by atoms with E-state index in [9.17, 15) is 5.11 Å². The summed E-state index contributed by atoms with van der Waals surface area (Å²) in [5, 5.41) is 18.6. The van der Waals surface area contributed by atoms with E-state index in [1.165, 1.54) is 13.4 Å². The van der Waals surface area contributed by atoms with Gasteiger partial charge in [0.2, 0.25) is 11.8 Å². The smallest absolute Gasteiger partial charge is 0.246 e. The Hall–Kier alpha value is -5.16. The molecule has 5 aromatic rings. The molecule has 12 nitrogen and oxygen atoms in total. The topological polar surface area (TPSA) is 152 Å². The van der Waals surface area contributed by atoms with Crippen molar-refractivity contribution in [3.63, 3.8) is 0 Å². The number of imidazole rings is 1. The number of benzene rings is 3. The SMILES string of the molecule is CC[C@H]1O[C@@H](n2cnc3c(OC)nc(NC(c4ccccc4)(c4ccccc4)c4ccc(OC)cc4)nc32)[C@H](O)[C@@H]1N=[N+]=[N-]. The van der Waals surface area contributed by atoms with Gasteiger partial charge in [0.25, 0.3) is 0 Å². The van der Waals surface area contributed by atoms with Crippen LogP contribution >= 0.6 is 0 Å². The zero-order valence-corrected chi connectivity index (χ0v) is 24.5. The number of methoxy groups -OCH3 is 2. The molecule has 2 aromatic heterocycles. The van der Waals surface area contributed by atoms with Gasteiger partial charge in [-0.2, -0.15) is 9.97 Å². The summed E-state index contributed by atoms with van der Waals surface area (Å²) in [7, 11) is 3.15. The highest BCUT2D eigenvalue weighted by molar-refractivity contribution is 5.78. The van der Waals surface area contributed by atoms with Gasteiger partial charge >= 0.3 is 0 Å². The minimum absolute atomic E-state index is 0.243. The van der Waals surface area contributed by atoms with Gasteiger partial charge in [-0.1, -0.05) is 84.8 Å². The third kappa shape index (κ3) is 4.94. The number of nitrogens with one attached hydrogen (secondary N) is 1. The Kier molecular flexibility index (Phi) is 8.03. The number of aliphatic hydroxyl groups excluding tert-OH is 1. The highest BCUT2D eigenvalue weighted by atomic mass is 16.5. The quantitative estimate of drug-likeness (QED) is 0.0921. The van der Waals surface area contributed by atoms with Crippen LogP contribution in [0.4, 0.5) is 5.95 Å². The summed E-state index contributed by atoms with van der Waals surface area (Å²) in [6.07, 6.45) is -0.396. The van der Waals surface area contributed by atoms with Gasteiger partial charge in [0, 0.05) is 4.91 Å². The molecule has 0 spiro atoms. The van der Waals surface area contributed by atoms with Crippen molar-refractivity contribution in [3.05, 3.63) is 118 Å². The van der Waals surface area contributed by atoms with Crippen LogP contribution in [0.5, 0.6) is 11.6 Å². The van der Waals surface area contributed by atoms with Crippen molar-refractivity contribution in [2.45, 2.75) is 43.4 Å². The molecular weight excluding hydrogens is 560 g/mol. The molecule has 1 fully saturated rings. The van der Waals surface area contributed by atoms with Gasteiger partial charge in [0.05, 0.1) is 32.7 Å². The van der Waals surface area contributed by atoms with E-state index in [4.69, 9.17) is 29.7 Å². The maximum Gasteiger partial charge on any atom is 0.246 e. The van der Waals surface area contributed by atoms with Gasteiger partial charge in [-0.05, 0) is 40.8 Å². The second-order valence-electron chi connectivity index (χ2n) is 10.4. The Bertz CT molecular complexity index is 1740. The van der Waals surface area contributed by atoms with Crippen molar-refractivity contribution in [3.8, 4) is 11.6 Å². The molecule has 1 aliphatic rings. The number of aromatic nitrogens is 4. The number of hydrogen-bond donors (Lipinski definition) is 2. The molecule has 6 rings (SSSR count). The van der Waals surface area contributed by atoms with Crippen molar-refractivity contribution < 1.29 is 19.3 Å². The van der Waals surface area contributed by atoms with E-state index in [2.05, 4.69) is 20.3 Å². The molecule has 1 saturated heterocycles. The molecule has 0 bridgehead atoms. The summed E-state index contributed by atoms with van der Waals surface area (Å²) in [5.74, 6) is 1.23. The number of fused-ring (bicyclic) bond motifs is 1. The standard InChI is InChI=1S/C32H32N8O4/c1-4-24-25(38-39-33)27(41)30(44-24)40-19-34-26-28(40)35-31(36-29(26)43-3)37-32(20-11-7-5-8-12-20,21-13-9-6-10-14-21)22-15-17-23(42-2)18-16-22/h5-19,24-25,27,30,41H,4H2,1-3H3,(H,35,36,37)/t24-,25-,27-,30-/m1/s1. The maximum absolute atomic E-state index is 11.1. The Labute approximate surface area is 253 Å². The predicted octanol–water partition coefficient (Wildman–Crippen LogP) is 5.59. The number of ether oxygens (including phenoxy) is 3. The lowest BCUT2D eigenvalue weighted by Gasteiger charge is -2.37. The van der Waals surface area contributed by atoms with Gasteiger partial charge in [-0.25, -0.2) is 4.98 Å². The second kappa shape index (κ2) is 12.2. The first-order valence-corrected chi connectivity index (χ1v) is 14.2. The van der Waals surface area contributed by atoms with Crippen LogP contribution in [-0.2, 0) is 10.3 Å². The second-order valence-corrected chi connectivity index (χ2v) is 10.4. The lowest BCUT2D eigenvalue weighted by molar-refractivity contribution is -0.0355. The number of nitrogens with zero attached hydrogens (tertiary/aromatic N) is 7. The molecule has 3 aromatic carbocycles. The molecule has 12 heteroatoms. The molecule has 224 valence electrons. The summed E-state index contributed by atoms with van der Waals surface area (Å²) >= 11 is 0. The molecule has 44 heavy (non-hydrogen) atoms. The van der Waals surface area contributed by atoms with Crippen LogP contribution in [0, 0.1) is 0 Å². The Balaban J connectivity index is 1.54. The van der Waals surface area contributed by atoms with E-state index >= 15 is 0 Å². The van der Waals surface area contributed by atoms with E-state index < -0.39 is 30.0 Å². The van der Waals surface area contributed by atoms with Crippen molar-refractivity contribution in [2.24, 2.45) is 5.11 Å². The van der Waals surface area contributed by atoms with Crippen LogP contribution < -0.4 is 14.8 Å². The number of hydrogen-bond acceptors (Lipinski definition) is 9. The van der Waals surface area contributed by atoms with Gasteiger partial charge in [0.1, 0.15) is 17.4 Å². The van der Waals surface area contributed by atoms with Gasteiger partial charge in [-0.15, -0.1) is 0 Å². The van der Waals surface area contributed by atoms with Crippen LogP contribution in [-0.4, -0.2) is 57.1 Å². The molecule has 0 radical (unpaired) electrons. The van der Waals surface area contributed by atoms with E-state index in [-0.39, 0.29) is 11.8 Å². The molecule has 2 N–H and O–H groups in total. The fourth-order valence-corrected chi connectivity index (χ4v) is 5.88. The first-order chi connectivity index (χ1) is 21.5. The molecule has 1 aliphatic heterocycles.